The topological polar surface area (TPSA) is 59.8 Å². The summed E-state index contributed by atoms with van der Waals surface area (Å²) in [5.41, 5.74) is 2.93. The van der Waals surface area contributed by atoms with Gasteiger partial charge in [-0.2, -0.15) is 0 Å². The Labute approximate surface area is 159 Å². The Kier molecular flexibility index (Phi) is 6.48. The molecule has 140 valence electrons. The molecule has 1 aliphatic rings. The van der Waals surface area contributed by atoms with Crippen molar-refractivity contribution in [2.75, 3.05) is 26.2 Å². The van der Waals surface area contributed by atoms with Gasteiger partial charge in [-0.15, -0.1) is 0 Å². The summed E-state index contributed by atoms with van der Waals surface area (Å²) in [5.74, 6) is 0.277. The van der Waals surface area contributed by atoms with Crippen molar-refractivity contribution in [2.45, 2.75) is 32.5 Å². The van der Waals surface area contributed by atoms with Crippen LogP contribution in [0.5, 0.6) is 5.75 Å². The maximum absolute atomic E-state index is 10.1. The maximum Gasteiger partial charge on any atom is 0.120 e. The quantitative estimate of drug-likeness (QED) is 0.813. The van der Waals surface area contributed by atoms with Crippen LogP contribution in [0.2, 0.25) is 5.02 Å². The third-order valence-corrected chi connectivity index (χ3v) is 5.13. The molecule has 0 aliphatic carbocycles. The van der Waals surface area contributed by atoms with Gasteiger partial charge in [0, 0.05) is 61.7 Å². The van der Waals surface area contributed by atoms with Crippen LogP contribution in [0.4, 0.5) is 0 Å². The Morgan fingerprint density at radius 2 is 2.04 bits per heavy atom. The summed E-state index contributed by atoms with van der Waals surface area (Å²) in [5, 5.41) is 20.2. The van der Waals surface area contributed by atoms with Crippen molar-refractivity contribution in [3.63, 3.8) is 0 Å². The molecule has 0 unspecified atom stereocenters. The molecule has 26 heavy (non-hydrogen) atoms. The van der Waals surface area contributed by atoms with Crippen LogP contribution in [0, 0.1) is 6.92 Å². The summed E-state index contributed by atoms with van der Waals surface area (Å²) in [7, 11) is 0. The number of aromatic hydroxyl groups is 1. The van der Waals surface area contributed by atoms with Crippen LogP contribution in [-0.2, 0) is 13.1 Å². The molecule has 1 aliphatic heterocycles. The number of aryl methyl sites for hydroxylation is 1. The van der Waals surface area contributed by atoms with Gasteiger partial charge in [0.15, 0.2) is 0 Å². The van der Waals surface area contributed by atoms with Crippen LogP contribution in [0.3, 0.4) is 0 Å². The van der Waals surface area contributed by atoms with E-state index in [1.54, 1.807) is 12.1 Å². The standard InChI is InChI=1S/C20H26ClN3O2/c1-15-3-2-4-18(22-15)13-24-9-8-23(14-19(24)7-10-25)12-16-11-17(21)5-6-20(16)26/h2-6,11,19,25-26H,7-10,12-14H2,1H3/t19-/m0/s1. The fraction of sp³-hybridized carbons (Fsp3) is 0.450. The van der Waals surface area contributed by atoms with Gasteiger partial charge in [0.25, 0.3) is 0 Å². The minimum absolute atomic E-state index is 0.165. The van der Waals surface area contributed by atoms with Crippen molar-refractivity contribution >= 4 is 11.6 Å². The first-order chi connectivity index (χ1) is 12.5. The molecule has 0 saturated carbocycles. The molecule has 5 nitrogen and oxygen atoms in total. The zero-order valence-corrected chi connectivity index (χ0v) is 15.9. The molecule has 1 fully saturated rings. The first-order valence-corrected chi connectivity index (χ1v) is 9.40. The van der Waals surface area contributed by atoms with Crippen LogP contribution in [-0.4, -0.2) is 57.3 Å². The number of aliphatic hydroxyl groups is 1. The predicted octanol–water partition coefficient (Wildman–Crippen LogP) is 2.82. The first kappa shape index (κ1) is 19.1. The van der Waals surface area contributed by atoms with Crippen molar-refractivity contribution in [2.24, 2.45) is 0 Å². The van der Waals surface area contributed by atoms with Crippen molar-refractivity contribution in [3.8, 4) is 5.75 Å². The molecule has 2 heterocycles. The Bertz CT molecular complexity index is 741. The molecule has 3 rings (SSSR count). The van der Waals surface area contributed by atoms with E-state index < -0.39 is 0 Å². The van der Waals surface area contributed by atoms with E-state index in [9.17, 15) is 10.2 Å². The Morgan fingerprint density at radius 1 is 1.19 bits per heavy atom. The fourth-order valence-electron chi connectivity index (χ4n) is 3.55. The molecule has 0 radical (unpaired) electrons. The van der Waals surface area contributed by atoms with Gasteiger partial charge < -0.3 is 10.2 Å². The normalized spacial score (nSPS) is 19.0. The second-order valence-corrected chi connectivity index (χ2v) is 7.35. The summed E-state index contributed by atoms with van der Waals surface area (Å²) >= 11 is 6.06. The SMILES string of the molecule is Cc1cccc(CN2CCN(Cc3cc(Cl)ccc3O)C[C@@H]2CCO)n1. The van der Waals surface area contributed by atoms with Gasteiger partial charge in [-0.3, -0.25) is 14.8 Å². The zero-order chi connectivity index (χ0) is 18.5. The minimum atomic E-state index is 0.165. The van der Waals surface area contributed by atoms with Crippen molar-refractivity contribution in [1.29, 1.82) is 0 Å². The molecule has 2 aromatic rings. The van der Waals surface area contributed by atoms with E-state index in [2.05, 4.69) is 20.9 Å². The highest BCUT2D eigenvalue weighted by Crippen LogP contribution is 2.25. The molecule has 1 aromatic heterocycles. The van der Waals surface area contributed by atoms with Gasteiger partial charge in [0.05, 0.1) is 5.69 Å². The molecule has 2 N–H and O–H groups in total. The van der Waals surface area contributed by atoms with Crippen LogP contribution < -0.4 is 0 Å². The van der Waals surface area contributed by atoms with Crippen LogP contribution in [0.15, 0.2) is 36.4 Å². The van der Waals surface area contributed by atoms with Gasteiger partial charge in [0.2, 0.25) is 0 Å². The number of hydrogen-bond acceptors (Lipinski definition) is 5. The van der Waals surface area contributed by atoms with E-state index >= 15 is 0 Å². The first-order valence-electron chi connectivity index (χ1n) is 9.02. The van der Waals surface area contributed by atoms with Gasteiger partial charge in [0.1, 0.15) is 5.75 Å². The largest absolute Gasteiger partial charge is 0.508 e. The van der Waals surface area contributed by atoms with Crippen LogP contribution in [0.25, 0.3) is 0 Å². The van der Waals surface area contributed by atoms with Gasteiger partial charge in [-0.05, 0) is 43.7 Å². The molecule has 0 amide bonds. The summed E-state index contributed by atoms with van der Waals surface area (Å²) in [4.78, 5) is 9.31. The van der Waals surface area contributed by atoms with E-state index in [1.807, 2.05) is 25.1 Å². The third kappa shape index (κ3) is 4.95. The number of aliphatic hydroxyl groups excluding tert-OH is 1. The molecule has 1 aromatic carbocycles. The van der Waals surface area contributed by atoms with E-state index in [1.165, 1.54) is 0 Å². The number of rotatable bonds is 6. The highest BCUT2D eigenvalue weighted by Gasteiger charge is 2.27. The summed E-state index contributed by atoms with van der Waals surface area (Å²) in [6.45, 7) is 6.27. The van der Waals surface area contributed by atoms with E-state index in [-0.39, 0.29) is 18.4 Å². The third-order valence-electron chi connectivity index (χ3n) is 4.90. The summed E-state index contributed by atoms with van der Waals surface area (Å²) in [6, 6.07) is 11.5. The Hall–Kier alpha value is -1.66. The van der Waals surface area contributed by atoms with Crippen molar-refractivity contribution in [3.05, 3.63) is 58.4 Å². The highest BCUT2D eigenvalue weighted by atomic mass is 35.5. The Morgan fingerprint density at radius 3 is 2.81 bits per heavy atom. The number of benzene rings is 1. The van der Waals surface area contributed by atoms with Crippen molar-refractivity contribution < 1.29 is 10.2 Å². The van der Waals surface area contributed by atoms with Gasteiger partial charge >= 0.3 is 0 Å². The number of aromatic nitrogens is 1. The van der Waals surface area contributed by atoms with Crippen LogP contribution >= 0.6 is 11.6 Å². The Balaban J connectivity index is 1.66. The van der Waals surface area contributed by atoms with E-state index in [0.29, 0.717) is 11.6 Å². The maximum atomic E-state index is 10.1. The number of nitrogens with zero attached hydrogens (tertiary/aromatic N) is 3. The molecule has 6 heteroatoms. The molecular formula is C20H26ClN3O2. The number of hydrogen-bond donors (Lipinski definition) is 2. The fourth-order valence-corrected chi connectivity index (χ4v) is 3.74. The van der Waals surface area contributed by atoms with Crippen molar-refractivity contribution in [1.82, 2.24) is 14.8 Å². The van der Waals surface area contributed by atoms with Crippen LogP contribution in [0.1, 0.15) is 23.4 Å². The average Bonchev–Trinajstić information content (AvgIpc) is 2.61. The second kappa shape index (κ2) is 8.82. The monoisotopic (exact) mass is 375 g/mol. The number of halogens is 1. The van der Waals surface area contributed by atoms with E-state index in [0.717, 1.165) is 49.6 Å². The smallest absolute Gasteiger partial charge is 0.120 e. The molecule has 1 saturated heterocycles. The second-order valence-electron chi connectivity index (χ2n) is 6.92. The zero-order valence-electron chi connectivity index (χ0n) is 15.1. The molecular weight excluding hydrogens is 350 g/mol. The van der Waals surface area contributed by atoms with E-state index in [4.69, 9.17) is 11.6 Å². The lowest BCUT2D eigenvalue weighted by Gasteiger charge is -2.41. The predicted molar refractivity (Wildman–Crippen MR) is 103 cm³/mol. The molecule has 0 bridgehead atoms. The summed E-state index contributed by atoms with van der Waals surface area (Å²) in [6.07, 6.45) is 0.726. The number of phenols is 1. The minimum Gasteiger partial charge on any atom is -0.508 e. The molecule has 0 spiro atoms. The summed E-state index contributed by atoms with van der Waals surface area (Å²) < 4.78 is 0. The van der Waals surface area contributed by atoms with Gasteiger partial charge in [-0.1, -0.05) is 17.7 Å². The number of piperazine rings is 1. The average molecular weight is 376 g/mol. The molecule has 1 atom stereocenters. The highest BCUT2D eigenvalue weighted by molar-refractivity contribution is 6.30. The van der Waals surface area contributed by atoms with Gasteiger partial charge in [-0.25, -0.2) is 0 Å². The number of phenolic OH excluding ortho intramolecular Hbond substituents is 1. The lowest BCUT2D eigenvalue weighted by atomic mass is 10.1. The lowest BCUT2D eigenvalue weighted by molar-refractivity contribution is 0.0488. The lowest BCUT2D eigenvalue weighted by Crippen LogP contribution is -2.52. The number of pyridine rings is 1.